The van der Waals surface area contributed by atoms with Gasteiger partial charge in [0.25, 0.3) is 0 Å². The molecule has 0 radical (unpaired) electrons. The van der Waals surface area contributed by atoms with E-state index in [1.165, 1.54) is 18.4 Å². The monoisotopic (exact) mass is 391 g/mol. The average Bonchev–Trinajstić information content (AvgIpc) is 3.13. The van der Waals surface area contributed by atoms with E-state index >= 15 is 0 Å². The molecule has 0 saturated heterocycles. The summed E-state index contributed by atoms with van der Waals surface area (Å²) in [5.41, 5.74) is 0.415. The van der Waals surface area contributed by atoms with Gasteiger partial charge in [0, 0.05) is 17.9 Å². The van der Waals surface area contributed by atoms with E-state index in [1.54, 1.807) is 24.3 Å². The highest BCUT2D eigenvalue weighted by molar-refractivity contribution is 7.15. The van der Waals surface area contributed by atoms with Crippen LogP contribution in [0.3, 0.4) is 0 Å². The van der Waals surface area contributed by atoms with Gasteiger partial charge in [0.2, 0.25) is 11.0 Å². The predicted molar refractivity (Wildman–Crippen MR) is 100 cm³/mol. The van der Waals surface area contributed by atoms with Crippen molar-refractivity contribution in [3.8, 4) is 5.75 Å². The molecule has 0 atom stereocenters. The standard InChI is InChI=1S/C18H21N3O5S/c1-11(2)17-20-21-18(27-17)19-15(23)8-9-16(24)26-10-14(22)12-4-6-13(25-3)7-5-12/h4-7,11H,8-10H2,1-3H3,(H,19,21,23). The van der Waals surface area contributed by atoms with Crippen LogP contribution in [0.5, 0.6) is 5.75 Å². The highest BCUT2D eigenvalue weighted by Crippen LogP contribution is 2.22. The van der Waals surface area contributed by atoms with Crippen LogP contribution in [-0.4, -0.2) is 41.6 Å². The Bertz CT molecular complexity index is 802. The smallest absolute Gasteiger partial charge is 0.306 e. The topological polar surface area (TPSA) is 107 Å². The molecule has 0 saturated carbocycles. The van der Waals surface area contributed by atoms with Crippen molar-refractivity contribution in [2.45, 2.75) is 32.6 Å². The number of ether oxygens (including phenoxy) is 2. The number of nitrogens with zero attached hydrogens (tertiary/aromatic N) is 2. The first kappa shape index (κ1) is 20.5. The van der Waals surface area contributed by atoms with E-state index in [1.807, 2.05) is 13.8 Å². The fraction of sp³-hybridized carbons (Fsp3) is 0.389. The van der Waals surface area contributed by atoms with Gasteiger partial charge in [0.15, 0.2) is 12.4 Å². The van der Waals surface area contributed by atoms with Crippen molar-refractivity contribution < 1.29 is 23.9 Å². The zero-order valence-corrected chi connectivity index (χ0v) is 16.2. The van der Waals surface area contributed by atoms with E-state index in [0.717, 1.165) is 5.01 Å². The van der Waals surface area contributed by atoms with Crippen molar-refractivity contribution in [2.24, 2.45) is 0 Å². The zero-order valence-electron chi connectivity index (χ0n) is 15.4. The van der Waals surface area contributed by atoms with Gasteiger partial charge in [-0.3, -0.25) is 14.4 Å². The van der Waals surface area contributed by atoms with Crippen LogP contribution in [-0.2, 0) is 14.3 Å². The van der Waals surface area contributed by atoms with Gasteiger partial charge in [-0.05, 0) is 24.3 Å². The van der Waals surface area contributed by atoms with Crippen LogP contribution in [0.15, 0.2) is 24.3 Å². The quantitative estimate of drug-likeness (QED) is 0.517. The van der Waals surface area contributed by atoms with Crippen LogP contribution in [0, 0.1) is 0 Å². The molecule has 0 bridgehead atoms. The van der Waals surface area contributed by atoms with E-state index in [2.05, 4.69) is 15.5 Å². The molecule has 0 aliphatic carbocycles. The Morgan fingerprint density at radius 2 is 1.81 bits per heavy atom. The molecule has 1 amide bonds. The molecule has 0 fully saturated rings. The summed E-state index contributed by atoms with van der Waals surface area (Å²) in [6.45, 7) is 3.59. The summed E-state index contributed by atoms with van der Waals surface area (Å²) < 4.78 is 9.94. The van der Waals surface area contributed by atoms with Crippen LogP contribution in [0.1, 0.15) is 48.0 Å². The Labute approximate surface area is 160 Å². The Balaban J connectivity index is 1.71. The number of ketones is 1. The number of benzene rings is 1. The van der Waals surface area contributed by atoms with E-state index in [0.29, 0.717) is 16.4 Å². The van der Waals surface area contributed by atoms with Gasteiger partial charge in [-0.25, -0.2) is 0 Å². The fourth-order valence-corrected chi connectivity index (χ4v) is 2.76. The SMILES string of the molecule is COc1ccc(C(=O)COC(=O)CCC(=O)Nc2nnc(C(C)C)s2)cc1. The first-order chi connectivity index (χ1) is 12.9. The van der Waals surface area contributed by atoms with Crippen LogP contribution < -0.4 is 10.1 Å². The number of hydrogen-bond donors (Lipinski definition) is 1. The lowest BCUT2D eigenvalue weighted by molar-refractivity contribution is -0.143. The number of anilines is 1. The number of Topliss-reactive ketones (excluding diaryl/α,β-unsaturated/α-hetero) is 1. The van der Waals surface area contributed by atoms with Crippen molar-refractivity contribution in [2.75, 3.05) is 19.0 Å². The van der Waals surface area contributed by atoms with Crippen molar-refractivity contribution in [1.82, 2.24) is 10.2 Å². The van der Waals surface area contributed by atoms with E-state index in [9.17, 15) is 14.4 Å². The maximum Gasteiger partial charge on any atom is 0.306 e. The fourth-order valence-electron chi connectivity index (χ4n) is 1.99. The van der Waals surface area contributed by atoms with Crippen molar-refractivity contribution in [3.63, 3.8) is 0 Å². The Morgan fingerprint density at radius 3 is 2.41 bits per heavy atom. The number of rotatable bonds is 9. The van der Waals surface area contributed by atoms with Crippen LogP contribution in [0.25, 0.3) is 0 Å². The molecule has 0 aliphatic rings. The third-order valence-electron chi connectivity index (χ3n) is 3.51. The third kappa shape index (κ3) is 6.45. The highest BCUT2D eigenvalue weighted by atomic mass is 32.1. The van der Waals surface area contributed by atoms with Gasteiger partial charge < -0.3 is 14.8 Å². The summed E-state index contributed by atoms with van der Waals surface area (Å²) >= 11 is 1.29. The number of nitrogens with one attached hydrogen (secondary N) is 1. The van der Waals surface area contributed by atoms with Crippen LogP contribution in [0.4, 0.5) is 5.13 Å². The summed E-state index contributed by atoms with van der Waals surface area (Å²) in [6.07, 6.45) is -0.191. The third-order valence-corrected chi connectivity index (χ3v) is 4.65. The van der Waals surface area contributed by atoms with Crippen molar-refractivity contribution in [3.05, 3.63) is 34.8 Å². The van der Waals surface area contributed by atoms with Crippen molar-refractivity contribution >= 4 is 34.1 Å². The maximum atomic E-state index is 12.0. The van der Waals surface area contributed by atoms with Gasteiger partial charge >= 0.3 is 5.97 Å². The molecular weight excluding hydrogens is 370 g/mol. The second-order valence-electron chi connectivity index (χ2n) is 5.96. The molecule has 0 spiro atoms. The van der Waals surface area contributed by atoms with E-state index in [4.69, 9.17) is 9.47 Å². The highest BCUT2D eigenvalue weighted by Gasteiger charge is 2.14. The van der Waals surface area contributed by atoms with Crippen LogP contribution >= 0.6 is 11.3 Å². The Hall–Kier alpha value is -2.81. The molecule has 144 valence electrons. The maximum absolute atomic E-state index is 12.0. The number of methoxy groups -OCH3 is 1. The van der Waals surface area contributed by atoms with Gasteiger partial charge in [-0.1, -0.05) is 25.2 Å². The lowest BCUT2D eigenvalue weighted by atomic mass is 10.1. The lowest BCUT2D eigenvalue weighted by Crippen LogP contribution is -2.17. The molecule has 1 heterocycles. The molecule has 9 heteroatoms. The molecule has 2 aromatic rings. The first-order valence-corrected chi connectivity index (χ1v) is 9.16. The van der Waals surface area contributed by atoms with E-state index in [-0.39, 0.29) is 37.1 Å². The summed E-state index contributed by atoms with van der Waals surface area (Å²) in [4.78, 5) is 35.6. The largest absolute Gasteiger partial charge is 0.497 e. The molecule has 0 aliphatic heterocycles. The number of aromatic nitrogens is 2. The number of esters is 1. The number of hydrogen-bond acceptors (Lipinski definition) is 8. The summed E-state index contributed by atoms with van der Waals surface area (Å²) in [6, 6.07) is 6.49. The minimum absolute atomic E-state index is 0.0633. The number of carbonyl (C=O) groups is 3. The molecule has 8 nitrogen and oxygen atoms in total. The second-order valence-corrected chi connectivity index (χ2v) is 6.97. The number of carbonyl (C=O) groups excluding carboxylic acids is 3. The lowest BCUT2D eigenvalue weighted by Gasteiger charge is -2.05. The minimum Gasteiger partial charge on any atom is -0.497 e. The summed E-state index contributed by atoms with van der Waals surface area (Å²) in [5, 5.41) is 11.7. The zero-order chi connectivity index (χ0) is 19.8. The van der Waals surface area contributed by atoms with Crippen molar-refractivity contribution in [1.29, 1.82) is 0 Å². The molecule has 0 unspecified atom stereocenters. The Kier molecular flexibility index (Phi) is 7.42. The summed E-state index contributed by atoms with van der Waals surface area (Å²) in [7, 11) is 1.53. The molecule has 27 heavy (non-hydrogen) atoms. The van der Waals surface area contributed by atoms with Gasteiger partial charge in [0.05, 0.1) is 13.5 Å². The minimum atomic E-state index is -0.618. The predicted octanol–water partition coefficient (Wildman–Crippen LogP) is 2.81. The number of amides is 1. The normalized spacial score (nSPS) is 10.5. The second kappa shape index (κ2) is 9.77. The summed E-state index contributed by atoms with van der Waals surface area (Å²) in [5.74, 6) is -0.450. The molecule has 1 aromatic heterocycles. The molecular formula is C18H21N3O5S. The van der Waals surface area contributed by atoms with Gasteiger partial charge in [-0.15, -0.1) is 10.2 Å². The molecule has 2 rings (SSSR count). The average molecular weight is 391 g/mol. The first-order valence-electron chi connectivity index (χ1n) is 8.35. The molecule has 1 aromatic carbocycles. The molecule has 1 N–H and O–H groups in total. The van der Waals surface area contributed by atoms with Gasteiger partial charge in [0.1, 0.15) is 10.8 Å². The van der Waals surface area contributed by atoms with Gasteiger partial charge in [-0.2, -0.15) is 0 Å². The van der Waals surface area contributed by atoms with E-state index < -0.39 is 5.97 Å². The Morgan fingerprint density at radius 1 is 1.11 bits per heavy atom. The van der Waals surface area contributed by atoms with Crippen LogP contribution in [0.2, 0.25) is 0 Å².